The van der Waals surface area contributed by atoms with E-state index in [1.54, 1.807) is 6.92 Å². The lowest BCUT2D eigenvalue weighted by atomic mass is 10.2. The molecule has 1 saturated heterocycles. The van der Waals surface area contributed by atoms with Gasteiger partial charge in [-0.15, -0.1) is 0 Å². The average Bonchev–Trinajstić information content (AvgIpc) is 3.19. The van der Waals surface area contributed by atoms with Crippen molar-refractivity contribution in [1.29, 1.82) is 0 Å². The minimum atomic E-state index is -0.377. The molecule has 1 fully saturated rings. The molecule has 0 unspecified atom stereocenters. The minimum absolute atomic E-state index is 0.313. The molecule has 4 aromatic rings. The summed E-state index contributed by atoms with van der Waals surface area (Å²) in [6.45, 7) is 7.37. The van der Waals surface area contributed by atoms with Gasteiger partial charge in [0.15, 0.2) is 5.65 Å². The Labute approximate surface area is 179 Å². The van der Waals surface area contributed by atoms with Crippen LogP contribution in [0, 0.1) is 0 Å². The first-order valence-corrected chi connectivity index (χ1v) is 10.7. The van der Waals surface area contributed by atoms with Crippen molar-refractivity contribution in [2.24, 2.45) is 0 Å². The fourth-order valence-corrected chi connectivity index (χ4v) is 4.02. The van der Waals surface area contributed by atoms with E-state index in [0.29, 0.717) is 17.8 Å². The summed E-state index contributed by atoms with van der Waals surface area (Å²) in [6.07, 6.45) is 0. The van der Waals surface area contributed by atoms with Gasteiger partial charge in [0.25, 0.3) is 0 Å². The Hall–Kier alpha value is -3.23. The predicted molar refractivity (Wildman–Crippen MR) is 120 cm³/mol. The van der Waals surface area contributed by atoms with Crippen molar-refractivity contribution in [1.82, 2.24) is 19.3 Å². The summed E-state index contributed by atoms with van der Waals surface area (Å²) in [6, 6.07) is 13.6. The standard InChI is InChI=1S/C23H25N5O3/c1-2-31-23(29)17-15-16-7-8-20(24-9-10-27-11-13-30-14-12-27)26-21(16)28-19-6-4-3-5-18(19)25-22(17)28/h3-8,15H,2,9-14H2,1H3,(H,24,26). The van der Waals surface area contributed by atoms with E-state index >= 15 is 0 Å². The second-order valence-electron chi connectivity index (χ2n) is 7.53. The number of pyridine rings is 2. The van der Waals surface area contributed by atoms with Crippen LogP contribution in [-0.2, 0) is 9.47 Å². The van der Waals surface area contributed by atoms with Gasteiger partial charge in [0.1, 0.15) is 17.0 Å². The van der Waals surface area contributed by atoms with Crippen LogP contribution in [0.3, 0.4) is 0 Å². The summed E-state index contributed by atoms with van der Waals surface area (Å²) >= 11 is 0. The van der Waals surface area contributed by atoms with Gasteiger partial charge < -0.3 is 14.8 Å². The van der Waals surface area contributed by atoms with Crippen LogP contribution in [0.1, 0.15) is 17.3 Å². The van der Waals surface area contributed by atoms with Gasteiger partial charge in [-0.2, -0.15) is 0 Å². The van der Waals surface area contributed by atoms with E-state index in [-0.39, 0.29) is 5.97 Å². The number of ether oxygens (including phenoxy) is 2. The molecule has 0 radical (unpaired) electrons. The van der Waals surface area contributed by atoms with Crippen molar-refractivity contribution in [3.05, 3.63) is 48.0 Å². The van der Waals surface area contributed by atoms with E-state index in [9.17, 15) is 4.79 Å². The van der Waals surface area contributed by atoms with Crippen LogP contribution in [0.5, 0.6) is 0 Å². The summed E-state index contributed by atoms with van der Waals surface area (Å²) in [5.41, 5.74) is 3.48. The van der Waals surface area contributed by atoms with Crippen LogP contribution >= 0.6 is 0 Å². The maximum Gasteiger partial charge on any atom is 0.341 e. The van der Waals surface area contributed by atoms with Crippen LogP contribution in [0.2, 0.25) is 0 Å². The molecule has 5 rings (SSSR count). The zero-order valence-electron chi connectivity index (χ0n) is 17.5. The predicted octanol–water partition coefficient (Wildman–Crippen LogP) is 2.96. The molecule has 8 nitrogen and oxygen atoms in total. The van der Waals surface area contributed by atoms with E-state index in [1.807, 2.05) is 46.9 Å². The molecule has 31 heavy (non-hydrogen) atoms. The van der Waals surface area contributed by atoms with E-state index in [0.717, 1.165) is 67.3 Å². The maximum atomic E-state index is 12.6. The van der Waals surface area contributed by atoms with Gasteiger partial charge >= 0.3 is 5.97 Å². The smallest absolute Gasteiger partial charge is 0.341 e. The minimum Gasteiger partial charge on any atom is -0.462 e. The summed E-state index contributed by atoms with van der Waals surface area (Å²) < 4.78 is 12.6. The molecular weight excluding hydrogens is 394 g/mol. The number of carbonyl (C=O) groups is 1. The highest BCUT2D eigenvalue weighted by Crippen LogP contribution is 2.26. The third-order valence-corrected chi connectivity index (χ3v) is 5.55. The average molecular weight is 419 g/mol. The first kappa shape index (κ1) is 19.7. The fraction of sp³-hybridized carbons (Fsp3) is 0.348. The molecule has 0 amide bonds. The molecule has 1 aliphatic rings. The van der Waals surface area contributed by atoms with E-state index < -0.39 is 0 Å². The van der Waals surface area contributed by atoms with E-state index in [4.69, 9.17) is 19.4 Å². The van der Waals surface area contributed by atoms with Gasteiger partial charge in [-0.1, -0.05) is 12.1 Å². The van der Waals surface area contributed by atoms with Crippen molar-refractivity contribution in [2.45, 2.75) is 6.92 Å². The summed E-state index contributed by atoms with van der Waals surface area (Å²) in [7, 11) is 0. The topological polar surface area (TPSA) is 81.0 Å². The second kappa shape index (κ2) is 8.49. The number of aromatic nitrogens is 3. The number of imidazole rings is 1. The number of anilines is 1. The molecule has 4 heterocycles. The van der Waals surface area contributed by atoms with E-state index in [1.165, 1.54) is 0 Å². The Balaban J connectivity index is 1.54. The number of para-hydroxylation sites is 2. The molecular formula is C23H25N5O3. The Morgan fingerprint density at radius 2 is 1.97 bits per heavy atom. The number of fused-ring (bicyclic) bond motifs is 5. The lowest BCUT2D eigenvalue weighted by molar-refractivity contribution is 0.0398. The highest BCUT2D eigenvalue weighted by molar-refractivity contribution is 6.03. The molecule has 0 spiro atoms. The number of carbonyl (C=O) groups excluding carboxylic acids is 1. The highest BCUT2D eigenvalue weighted by atomic mass is 16.5. The summed E-state index contributed by atoms with van der Waals surface area (Å²) in [5.74, 6) is 0.418. The number of benzene rings is 1. The summed E-state index contributed by atoms with van der Waals surface area (Å²) in [5, 5.41) is 4.29. The quantitative estimate of drug-likeness (QED) is 0.481. The zero-order valence-corrected chi connectivity index (χ0v) is 17.5. The van der Waals surface area contributed by atoms with E-state index in [2.05, 4.69) is 10.2 Å². The van der Waals surface area contributed by atoms with Crippen molar-refractivity contribution >= 4 is 39.5 Å². The second-order valence-corrected chi connectivity index (χ2v) is 7.53. The van der Waals surface area contributed by atoms with Crippen LogP contribution < -0.4 is 5.32 Å². The number of rotatable bonds is 6. The molecule has 1 aliphatic heterocycles. The monoisotopic (exact) mass is 419 g/mol. The number of hydrogen-bond donors (Lipinski definition) is 1. The van der Waals surface area contributed by atoms with Crippen molar-refractivity contribution < 1.29 is 14.3 Å². The number of nitrogens with zero attached hydrogens (tertiary/aromatic N) is 4. The number of hydrogen-bond acceptors (Lipinski definition) is 7. The number of morpholine rings is 1. The molecule has 0 atom stereocenters. The lowest BCUT2D eigenvalue weighted by Crippen LogP contribution is -2.39. The van der Waals surface area contributed by atoms with Crippen molar-refractivity contribution in [3.63, 3.8) is 0 Å². The van der Waals surface area contributed by atoms with Gasteiger partial charge in [-0.05, 0) is 37.3 Å². The van der Waals surface area contributed by atoms with Crippen LogP contribution in [0.25, 0.3) is 27.7 Å². The first-order chi connectivity index (χ1) is 15.2. The van der Waals surface area contributed by atoms with Gasteiger partial charge in [-0.25, -0.2) is 14.8 Å². The zero-order chi connectivity index (χ0) is 21.2. The molecule has 160 valence electrons. The molecule has 1 aromatic carbocycles. The molecule has 0 aliphatic carbocycles. The molecule has 1 N–H and O–H groups in total. The summed E-state index contributed by atoms with van der Waals surface area (Å²) in [4.78, 5) is 24.6. The largest absolute Gasteiger partial charge is 0.462 e. The highest BCUT2D eigenvalue weighted by Gasteiger charge is 2.19. The molecule has 3 aromatic heterocycles. The van der Waals surface area contributed by atoms with Gasteiger partial charge in [0, 0.05) is 31.6 Å². The maximum absolute atomic E-state index is 12.6. The number of nitrogens with one attached hydrogen (secondary N) is 1. The first-order valence-electron chi connectivity index (χ1n) is 10.7. The van der Waals surface area contributed by atoms with Gasteiger partial charge in [0.2, 0.25) is 0 Å². The Morgan fingerprint density at radius 1 is 1.13 bits per heavy atom. The van der Waals surface area contributed by atoms with Gasteiger partial charge in [0.05, 0.1) is 30.9 Å². The molecule has 8 heteroatoms. The van der Waals surface area contributed by atoms with Crippen molar-refractivity contribution in [2.75, 3.05) is 51.3 Å². The third kappa shape index (κ3) is 3.80. The Morgan fingerprint density at radius 3 is 2.81 bits per heavy atom. The Kier molecular flexibility index (Phi) is 5.40. The molecule has 0 saturated carbocycles. The fourth-order valence-electron chi connectivity index (χ4n) is 4.02. The van der Waals surface area contributed by atoms with Crippen molar-refractivity contribution in [3.8, 4) is 0 Å². The van der Waals surface area contributed by atoms with Crippen LogP contribution in [0.4, 0.5) is 5.82 Å². The number of esters is 1. The third-order valence-electron chi connectivity index (χ3n) is 5.55. The molecule has 0 bridgehead atoms. The Bertz CT molecular complexity index is 1250. The van der Waals surface area contributed by atoms with Crippen LogP contribution in [0.15, 0.2) is 42.5 Å². The normalized spacial score (nSPS) is 15.0. The van der Waals surface area contributed by atoms with Gasteiger partial charge in [-0.3, -0.25) is 9.30 Å². The lowest BCUT2D eigenvalue weighted by Gasteiger charge is -2.26. The SMILES string of the molecule is CCOC(=O)c1cc2ccc(NCCN3CCOCC3)nc2n2c1nc1ccccc12. The van der Waals surface area contributed by atoms with Crippen LogP contribution in [-0.4, -0.2) is 71.2 Å².